The molecule has 66 valence electrons. The third kappa shape index (κ3) is 1.54. The molecule has 0 saturated heterocycles. The van der Waals surface area contributed by atoms with E-state index in [1.54, 1.807) is 6.92 Å². The van der Waals surface area contributed by atoms with Gasteiger partial charge < -0.3 is 15.9 Å². The van der Waals surface area contributed by atoms with Gasteiger partial charge in [0.05, 0.1) is 0 Å². The second-order valence-corrected chi connectivity index (χ2v) is 2.60. The Hall–Kier alpha value is -1.13. The van der Waals surface area contributed by atoms with Crippen molar-refractivity contribution in [3.8, 4) is 0 Å². The Labute approximate surface area is 69.3 Å². The van der Waals surface area contributed by atoms with Gasteiger partial charge in [0, 0.05) is 11.3 Å². The summed E-state index contributed by atoms with van der Waals surface area (Å²) < 4.78 is 12.8. The van der Waals surface area contributed by atoms with Crippen LogP contribution in [0.2, 0.25) is 0 Å². The monoisotopic (exact) mass is 171 g/mol. The lowest BCUT2D eigenvalue weighted by Gasteiger charge is -2.08. The van der Waals surface area contributed by atoms with Crippen molar-refractivity contribution in [2.45, 2.75) is 13.2 Å². The minimum Gasteiger partial charge on any atom is -0.398 e. The van der Waals surface area contributed by atoms with Crippen LogP contribution in [0.1, 0.15) is 17.4 Å². The summed E-state index contributed by atoms with van der Waals surface area (Å²) in [6.45, 7) is 1.55. The van der Waals surface area contributed by atoms with Crippen LogP contribution in [-0.2, 0) is 0 Å². The summed E-state index contributed by atoms with van der Waals surface area (Å²) >= 11 is 0. The number of hydrogen-bond acceptors (Lipinski definition) is 3. The number of aliphatic hydroxyl groups excluding tert-OH is 1. The predicted molar refractivity (Wildman–Crippen MR) is 42.7 cm³/mol. The van der Waals surface area contributed by atoms with E-state index in [2.05, 4.69) is 0 Å². The first-order valence-electron chi connectivity index (χ1n) is 3.44. The molecule has 0 radical (unpaired) electrons. The van der Waals surface area contributed by atoms with Gasteiger partial charge in [-0.05, 0) is 24.6 Å². The zero-order valence-corrected chi connectivity index (χ0v) is 6.58. The van der Waals surface area contributed by atoms with Crippen LogP contribution in [-0.4, -0.2) is 10.2 Å². The van der Waals surface area contributed by atoms with Crippen LogP contribution in [0, 0.1) is 12.7 Å². The molecule has 0 aromatic heterocycles. The maximum atomic E-state index is 12.8. The minimum atomic E-state index is -1.72. The molecule has 1 aromatic rings. The summed E-state index contributed by atoms with van der Waals surface area (Å²) in [6, 6.07) is 2.39. The van der Waals surface area contributed by atoms with Gasteiger partial charge in [-0.2, -0.15) is 0 Å². The molecule has 4 N–H and O–H groups in total. The summed E-state index contributed by atoms with van der Waals surface area (Å²) in [6.07, 6.45) is -1.72. The lowest BCUT2D eigenvalue weighted by molar-refractivity contribution is -0.0420. The Morgan fingerprint density at radius 3 is 2.50 bits per heavy atom. The number of aryl methyl sites for hydroxylation is 1. The fourth-order valence-corrected chi connectivity index (χ4v) is 0.943. The highest BCUT2D eigenvalue weighted by molar-refractivity contribution is 5.49. The van der Waals surface area contributed by atoms with Crippen molar-refractivity contribution in [1.29, 1.82) is 0 Å². The van der Waals surface area contributed by atoms with Gasteiger partial charge in [0.25, 0.3) is 0 Å². The highest BCUT2D eigenvalue weighted by Crippen LogP contribution is 2.21. The maximum Gasteiger partial charge on any atom is 0.180 e. The number of halogens is 1. The normalized spacial score (nSPS) is 10.8. The van der Waals surface area contributed by atoms with E-state index in [9.17, 15) is 4.39 Å². The number of nitrogens with two attached hydrogens (primary N) is 1. The summed E-state index contributed by atoms with van der Waals surface area (Å²) in [4.78, 5) is 0. The van der Waals surface area contributed by atoms with Crippen molar-refractivity contribution in [1.82, 2.24) is 0 Å². The molecule has 0 unspecified atom stereocenters. The van der Waals surface area contributed by atoms with Crippen molar-refractivity contribution >= 4 is 5.69 Å². The first-order chi connectivity index (χ1) is 5.52. The van der Waals surface area contributed by atoms with E-state index in [0.29, 0.717) is 5.56 Å². The van der Waals surface area contributed by atoms with Crippen LogP contribution in [0.5, 0.6) is 0 Å². The van der Waals surface area contributed by atoms with E-state index in [0.717, 1.165) is 6.07 Å². The second-order valence-electron chi connectivity index (χ2n) is 2.60. The van der Waals surface area contributed by atoms with Crippen molar-refractivity contribution in [2.24, 2.45) is 0 Å². The summed E-state index contributed by atoms with van der Waals surface area (Å²) in [5.74, 6) is -0.493. The van der Waals surface area contributed by atoms with Gasteiger partial charge in [0.15, 0.2) is 6.29 Å². The van der Waals surface area contributed by atoms with Gasteiger partial charge >= 0.3 is 0 Å². The van der Waals surface area contributed by atoms with Crippen LogP contribution in [0.3, 0.4) is 0 Å². The highest BCUT2D eigenvalue weighted by Gasteiger charge is 2.10. The predicted octanol–water partition coefficient (Wildman–Crippen LogP) is 0.700. The quantitative estimate of drug-likeness (QED) is 0.430. The number of benzene rings is 1. The molecule has 12 heavy (non-hydrogen) atoms. The van der Waals surface area contributed by atoms with Crippen molar-refractivity contribution in [3.63, 3.8) is 0 Å². The molecule has 0 aliphatic carbocycles. The Morgan fingerprint density at radius 1 is 1.42 bits per heavy atom. The zero-order chi connectivity index (χ0) is 9.30. The van der Waals surface area contributed by atoms with Crippen LogP contribution in [0.25, 0.3) is 0 Å². The lowest BCUT2D eigenvalue weighted by atomic mass is 10.1. The van der Waals surface area contributed by atoms with E-state index >= 15 is 0 Å². The van der Waals surface area contributed by atoms with Gasteiger partial charge in [-0.1, -0.05) is 0 Å². The number of nitrogen functional groups attached to an aromatic ring is 1. The van der Waals surface area contributed by atoms with Crippen LogP contribution in [0.4, 0.5) is 10.1 Å². The molecule has 1 aromatic carbocycles. The number of aliphatic hydroxyl groups is 2. The average Bonchev–Trinajstić information content (AvgIpc) is 1.96. The van der Waals surface area contributed by atoms with Crippen molar-refractivity contribution < 1.29 is 14.6 Å². The van der Waals surface area contributed by atoms with E-state index in [4.69, 9.17) is 15.9 Å². The number of rotatable bonds is 1. The minimum absolute atomic E-state index is 0.00176. The maximum absolute atomic E-state index is 12.8. The van der Waals surface area contributed by atoms with Crippen molar-refractivity contribution in [2.75, 3.05) is 5.73 Å². The summed E-state index contributed by atoms with van der Waals surface area (Å²) in [5.41, 5.74) is 5.97. The standard InChI is InChI=1S/C8H10FNO2/c1-4-2-7(10)5(8(11)12)3-6(4)9/h2-3,8,11-12H,10H2,1H3. The molecule has 1 rings (SSSR count). The third-order valence-corrected chi connectivity index (χ3v) is 1.64. The molecular formula is C8H10FNO2. The molecule has 0 heterocycles. The second kappa shape index (κ2) is 3.08. The zero-order valence-electron chi connectivity index (χ0n) is 6.58. The summed E-state index contributed by atoms with van der Waals surface area (Å²) in [7, 11) is 0. The molecule has 0 saturated carbocycles. The largest absolute Gasteiger partial charge is 0.398 e. The molecular weight excluding hydrogens is 161 g/mol. The molecule has 0 aliphatic heterocycles. The first-order valence-corrected chi connectivity index (χ1v) is 3.44. The van der Waals surface area contributed by atoms with Crippen LogP contribution < -0.4 is 5.73 Å². The topological polar surface area (TPSA) is 66.5 Å². The Balaban J connectivity index is 3.23. The van der Waals surface area contributed by atoms with Gasteiger partial charge in [-0.25, -0.2) is 4.39 Å². The molecule has 0 spiro atoms. The summed E-state index contributed by atoms with van der Waals surface area (Å²) in [5, 5.41) is 17.5. The van der Waals surface area contributed by atoms with E-state index < -0.39 is 12.1 Å². The Kier molecular flexibility index (Phi) is 2.30. The van der Waals surface area contributed by atoms with Gasteiger partial charge in [0.1, 0.15) is 5.82 Å². The van der Waals surface area contributed by atoms with Crippen LogP contribution in [0.15, 0.2) is 12.1 Å². The SMILES string of the molecule is Cc1cc(N)c(C(O)O)cc1F. The average molecular weight is 171 g/mol. The molecule has 0 fully saturated rings. The molecule has 4 heteroatoms. The van der Waals surface area contributed by atoms with E-state index in [1.807, 2.05) is 0 Å². The third-order valence-electron chi connectivity index (χ3n) is 1.64. The van der Waals surface area contributed by atoms with Gasteiger partial charge in [-0.15, -0.1) is 0 Å². The first kappa shape index (κ1) is 8.96. The van der Waals surface area contributed by atoms with Gasteiger partial charge in [-0.3, -0.25) is 0 Å². The molecule has 0 bridgehead atoms. The Bertz CT molecular complexity index is 299. The van der Waals surface area contributed by atoms with E-state index in [-0.39, 0.29) is 11.3 Å². The molecule has 0 aliphatic rings. The lowest BCUT2D eigenvalue weighted by Crippen LogP contribution is -2.02. The van der Waals surface area contributed by atoms with Crippen LogP contribution >= 0.6 is 0 Å². The number of anilines is 1. The molecule has 3 nitrogen and oxygen atoms in total. The fraction of sp³-hybridized carbons (Fsp3) is 0.250. The van der Waals surface area contributed by atoms with Crippen molar-refractivity contribution in [3.05, 3.63) is 29.1 Å². The highest BCUT2D eigenvalue weighted by atomic mass is 19.1. The van der Waals surface area contributed by atoms with E-state index in [1.165, 1.54) is 6.07 Å². The van der Waals surface area contributed by atoms with Gasteiger partial charge in [0.2, 0.25) is 0 Å². The molecule has 0 amide bonds. The fourth-order valence-electron chi connectivity index (χ4n) is 0.943. The number of hydrogen-bond donors (Lipinski definition) is 3. The molecule has 0 atom stereocenters. The Morgan fingerprint density at radius 2 is 2.00 bits per heavy atom. The smallest absolute Gasteiger partial charge is 0.180 e.